The molecule has 0 fully saturated rings. The summed E-state index contributed by atoms with van der Waals surface area (Å²) in [7, 11) is 4.63. The molecule has 0 heterocycles. The number of thioether (sulfide) groups is 1. The summed E-state index contributed by atoms with van der Waals surface area (Å²) in [6.07, 6.45) is 3.37. The van der Waals surface area contributed by atoms with Crippen LogP contribution in [-0.2, 0) is 0 Å². The molecule has 1 atom stereocenters. The molecule has 60 heavy (non-hydrogen) atoms. The number of ether oxygens (including phenoxy) is 2. The van der Waals surface area contributed by atoms with E-state index >= 15 is 0 Å². The molecule has 0 bridgehead atoms. The lowest BCUT2D eigenvalue weighted by atomic mass is 10.0. The summed E-state index contributed by atoms with van der Waals surface area (Å²) in [5, 5.41) is 5.11. The zero-order valence-corrected chi connectivity index (χ0v) is 38.1. The Hall–Kier alpha value is -6.33. The molecule has 300 valence electrons. The van der Waals surface area contributed by atoms with Crippen molar-refractivity contribution in [2.75, 3.05) is 20.5 Å². The van der Waals surface area contributed by atoms with E-state index in [2.05, 4.69) is 171 Å². The first kappa shape index (κ1) is 43.3. The first-order valence-electron chi connectivity index (χ1n) is 20.5. The summed E-state index contributed by atoms with van der Waals surface area (Å²) in [5.41, 5.74) is 9.81. The fraction of sp³-hybridized carbons (Fsp3) is 0.107. The lowest BCUT2D eigenvalue weighted by molar-refractivity contribution is 0.415. The van der Waals surface area contributed by atoms with Gasteiger partial charge in [0, 0.05) is 20.5 Å². The Labute approximate surface area is 364 Å². The molecule has 0 spiro atoms. The van der Waals surface area contributed by atoms with Gasteiger partial charge in [0.1, 0.15) is 11.5 Å². The average molecular weight is 819 g/mol. The van der Waals surface area contributed by atoms with Crippen LogP contribution in [-0.4, -0.2) is 30.7 Å². The Kier molecular flexibility index (Phi) is 16.4. The van der Waals surface area contributed by atoms with Crippen LogP contribution in [0.3, 0.4) is 0 Å². The third-order valence-corrected chi connectivity index (χ3v) is 12.8. The van der Waals surface area contributed by atoms with Gasteiger partial charge in [-0.3, -0.25) is 0 Å². The van der Waals surface area contributed by atoms with Crippen LogP contribution in [0.25, 0.3) is 54.9 Å². The molecular weight excluding hydrogens is 765 g/mol. The molecule has 0 saturated carbocycles. The zero-order valence-electron chi connectivity index (χ0n) is 35.3. The number of hydrogen-bond acceptors (Lipinski definition) is 3. The van der Waals surface area contributed by atoms with E-state index in [4.69, 9.17) is 9.47 Å². The van der Waals surface area contributed by atoms with Gasteiger partial charge in [-0.15, -0.1) is 11.8 Å². The first-order chi connectivity index (χ1) is 29.5. The molecule has 0 radical (unpaired) electrons. The predicted molar refractivity (Wildman–Crippen MR) is 265 cm³/mol. The monoisotopic (exact) mass is 818 g/mol. The molecular formula is C56H54O2SSi. The molecule has 1 unspecified atom stereocenters. The maximum absolute atomic E-state index is 5.23. The van der Waals surface area contributed by atoms with Gasteiger partial charge >= 0.3 is 0 Å². The van der Waals surface area contributed by atoms with Gasteiger partial charge in [0.25, 0.3) is 0 Å². The number of rotatable bonds is 8. The smallest absolute Gasteiger partial charge is 0.126 e. The van der Waals surface area contributed by atoms with Crippen LogP contribution in [0.15, 0.2) is 223 Å². The number of methoxy groups -OCH3 is 2. The summed E-state index contributed by atoms with van der Waals surface area (Å²) < 4.78 is 10.3. The standard InChI is InChI=1S/C19H16S.C13H12O.C13H16Si.C11H10O/c1-20-19-13-11-18(12-14-19)17-9-7-16(8-10-17)15-5-3-2-4-6-15;1-14-13-9-7-12(8-10-13)11-5-3-2-4-6-11;1-2-13(14)12-8-7-10-5-3-4-6-11(10)9-12;1-12-11-8-4-6-9-5-2-3-7-10(9)11/h2-14H,1H3;2-10H,1H3;3-9,13H,2H2,1,14H3;2-8H,1H3. The number of fused-ring (bicyclic) bond motifs is 2. The third kappa shape index (κ3) is 12.1. The van der Waals surface area contributed by atoms with E-state index in [1.807, 2.05) is 60.7 Å². The second kappa shape index (κ2) is 22.7. The molecule has 0 aliphatic rings. The van der Waals surface area contributed by atoms with Gasteiger partial charge in [-0.2, -0.15) is 0 Å². The van der Waals surface area contributed by atoms with Crippen molar-refractivity contribution in [1.82, 2.24) is 0 Å². The maximum atomic E-state index is 5.23. The normalized spacial score (nSPS) is 10.9. The van der Waals surface area contributed by atoms with Crippen LogP contribution in [0.4, 0.5) is 0 Å². The van der Waals surface area contributed by atoms with E-state index < -0.39 is 0 Å². The summed E-state index contributed by atoms with van der Waals surface area (Å²) in [6, 6.07) is 76.0. The SMILES string of the molecule is CCC([SiH3])c1ccc2ccccc2c1.COc1ccc(-c2ccccc2)cc1.COc1cccc2ccccc12.CSc1ccc(-c2ccc(-c3ccccc3)cc2)cc1. The minimum absolute atomic E-state index is 0.805. The highest BCUT2D eigenvalue weighted by atomic mass is 32.2. The van der Waals surface area contributed by atoms with Gasteiger partial charge < -0.3 is 9.47 Å². The van der Waals surface area contributed by atoms with E-state index in [0.29, 0.717) is 0 Å². The topological polar surface area (TPSA) is 18.5 Å². The van der Waals surface area contributed by atoms with Crippen molar-refractivity contribution in [1.29, 1.82) is 0 Å². The van der Waals surface area contributed by atoms with E-state index in [0.717, 1.165) is 17.0 Å². The Balaban J connectivity index is 0.000000137. The Morgan fingerprint density at radius 3 is 1.40 bits per heavy atom. The Morgan fingerprint density at radius 2 is 0.883 bits per heavy atom. The maximum Gasteiger partial charge on any atom is 0.126 e. The molecule has 2 nitrogen and oxygen atoms in total. The van der Waals surface area contributed by atoms with Crippen molar-refractivity contribution in [3.63, 3.8) is 0 Å². The van der Waals surface area contributed by atoms with Crippen molar-refractivity contribution in [3.8, 4) is 44.9 Å². The fourth-order valence-electron chi connectivity index (χ4n) is 6.81. The minimum atomic E-state index is 0.805. The van der Waals surface area contributed by atoms with Crippen molar-refractivity contribution < 1.29 is 9.47 Å². The summed E-state index contributed by atoms with van der Waals surface area (Å²) in [5.74, 6) is 1.83. The fourth-order valence-corrected chi connectivity index (χ4v) is 7.57. The van der Waals surface area contributed by atoms with Gasteiger partial charge in [0.2, 0.25) is 0 Å². The van der Waals surface area contributed by atoms with E-state index in [1.165, 1.54) is 82.0 Å². The molecule has 0 aromatic heterocycles. The molecule has 0 N–H and O–H groups in total. The third-order valence-electron chi connectivity index (χ3n) is 10.5. The molecule has 0 aliphatic heterocycles. The molecule has 0 amide bonds. The average Bonchev–Trinajstić information content (AvgIpc) is 3.34. The summed E-state index contributed by atoms with van der Waals surface area (Å²) in [4.78, 5) is 1.30. The predicted octanol–water partition coefficient (Wildman–Crippen LogP) is 14.6. The Bertz CT molecular complexity index is 2620. The lowest BCUT2D eigenvalue weighted by Gasteiger charge is -2.09. The summed E-state index contributed by atoms with van der Waals surface area (Å²) >= 11 is 1.77. The van der Waals surface area contributed by atoms with Gasteiger partial charge in [0.15, 0.2) is 0 Å². The first-order valence-corrected chi connectivity index (χ1v) is 22.9. The quantitative estimate of drug-likeness (QED) is 0.112. The van der Waals surface area contributed by atoms with Gasteiger partial charge in [-0.25, -0.2) is 0 Å². The van der Waals surface area contributed by atoms with Crippen molar-refractivity contribution in [2.45, 2.75) is 23.8 Å². The van der Waals surface area contributed by atoms with Crippen LogP contribution in [0.2, 0.25) is 0 Å². The van der Waals surface area contributed by atoms with Crippen LogP contribution in [0.5, 0.6) is 11.5 Å². The second-order valence-corrected chi connectivity index (χ2v) is 16.6. The molecule has 9 aromatic carbocycles. The van der Waals surface area contributed by atoms with Gasteiger partial charge in [-0.1, -0.05) is 201 Å². The second-order valence-electron chi connectivity index (χ2n) is 14.4. The van der Waals surface area contributed by atoms with E-state index in [9.17, 15) is 0 Å². The zero-order chi connectivity index (χ0) is 41.9. The lowest BCUT2D eigenvalue weighted by Crippen LogP contribution is -1.95. The molecule has 0 saturated heterocycles. The molecule has 9 rings (SSSR count). The highest BCUT2D eigenvalue weighted by Gasteiger charge is 2.04. The van der Waals surface area contributed by atoms with Crippen molar-refractivity contribution in [2.24, 2.45) is 0 Å². The summed E-state index contributed by atoms with van der Waals surface area (Å²) in [6.45, 7) is 2.27. The Morgan fingerprint density at radius 1 is 0.433 bits per heavy atom. The van der Waals surface area contributed by atoms with Crippen LogP contribution in [0.1, 0.15) is 24.4 Å². The van der Waals surface area contributed by atoms with Gasteiger partial charge in [-0.05, 0) is 97.2 Å². The van der Waals surface area contributed by atoms with E-state index in [-0.39, 0.29) is 0 Å². The number of hydrogen-bond donors (Lipinski definition) is 0. The number of benzene rings is 9. The van der Waals surface area contributed by atoms with Crippen LogP contribution >= 0.6 is 11.8 Å². The molecule has 9 aromatic rings. The minimum Gasteiger partial charge on any atom is -0.497 e. The van der Waals surface area contributed by atoms with Crippen molar-refractivity contribution in [3.05, 3.63) is 224 Å². The molecule has 0 aliphatic carbocycles. The van der Waals surface area contributed by atoms with Gasteiger partial charge in [0.05, 0.1) is 14.2 Å². The van der Waals surface area contributed by atoms with Crippen molar-refractivity contribution >= 4 is 43.5 Å². The largest absolute Gasteiger partial charge is 0.497 e. The van der Waals surface area contributed by atoms with E-state index in [1.54, 1.807) is 26.0 Å². The highest BCUT2D eigenvalue weighted by Crippen LogP contribution is 2.28. The highest BCUT2D eigenvalue weighted by molar-refractivity contribution is 7.98. The molecule has 4 heteroatoms. The van der Waals surface area contributed by atoms with Crippen LogP contribution < -0.4 is 9.47 Å². The van der Waals surface area contributed by atoms with Crippen LogP contribution in [0, 0.1) is 0 Å².